The Hall–Kier alpha value is -2.93. The molecule has 0 bridgehead atoms. The van der Waals surface area contributed by atoms with Crippen molar-refractivity contribution in [3.63, 3.8) is 0 Å². The van der Waals surface area contributed by atoms with E-state index in [9.17, 15) is 4.79 Å². The lowest BCUT2D eigenvalue weighted by molar-refractivity contribution is 0.546. The fraction of sp³-hybridized carbons (Fsp3) is 0.188. The lowest BCUT2D eigenvalue weighted by Crippen LogP contribution is -2.15. The van der Waals surface area contributed by atoms with Crippen molar-refractivity contribution < 1.29 is 4.42 Å². The molecule has 23 heavy (non-hydrogen) atoms. The molecule has 3 aromatic rings. The van der Waals surface area contributed by atoms with Gasteiger partial charge in [-0.3, -0.25) is 4.79 Å². The summed E-state index contributed by atoms with van der Waals surface area (Å²) in [6.07, 6.45) is 1.70. The minimum absolute atomic E-state index is 0.105. The first kappa shape index (κ1) is 15.0. The van der Waals surface area contributed by atoms with Gasteiger partial charge in [0.05, 0.1) is 5.69 Å². The van der Waals surface area contributed by atoms with Gasteiger partial charge in [0.15, 0.2) is 5.76 Å². The maximum absolute atomic E-state index is 11.6. The molecule has 0 unspecified atom stereocenters. The van der Waals surface area contributed by atoms with Gasteiger partial charge < -0.3 is 20.5 Å². The molecule has 0 aliphatic heterocycles. The molecule has 0 aliphatic carbocycles. The zero-order valence-corrected chi connectivity index (χ0v) is 12.9. The predicted octanol–water partition coefficient (Wildman–Crippen LogP) is 1.45. The molecule has 4 N–H and O–H groups in total. The van der Waals surface area contributed by atoms with E-state index < -0.39 is 0 Å². The van der Waals surface area contributed by atoms with E-state index in [0.29, 0.717) is 22.8 Å². The number of aromatic nitrogens is 3. The summed E-state index contributed by atoms with van der Waals surface area (Å²) in [5.41, 5.74) is 13.8. The molecule has 0 fully saturated rings. The number of anilines is 1. The Kier molecular flexibility index (Phi) is 3.71. The third kappa shape index (κ3) is 2.74. The molecule has 3 heterocycles. The predicted molar refractivity (Wildman–Crippen MR) is 87.5 cm³/mol. The minimum atomic E-state index is -0.105. The molecule has 0 aromatic carbocycles. The molecule has 0 aliphatic rings. The van der Waals surface area contributed by atoms with Crippen LogP contribution in [0.2, 0.25) is 0 Å². The van der Waals surface area contributed by atoms with Gasteiger partial charge in [-0.25, -0.2) is 9.97 Å². The standard InChI is InChI=1S/C16H17N5O2/c1-9-3-5-12(23-9)15-14(19-11(7-17)16(18)20-15)10-4-6-13(22)21(2)8-10/h3-6,8H,7,17H2,1-2H3,(H2,18,20). The number of rotatable bonds is 3. The molecule has 7 nitrogen and oxygen atoms in total. The Balaban J connectivity index is 2.28. The SMILES string of the molecule is Cc1ccc(-c2nc(N)c(CN)nc2-c2ccc(=O)n(C)c2)o1. The number of aryl methyl sites for hydroxylation is 2. The van der Waals surface area contributed by atoms with Crippen LogP contribution >= 0.6 is 0 Å². The molecule has 0 atom stereocenters. The number of pyridine rings is 1. The first-order valence-electron chi connectivity index (χ1n) is 7.10. The van der Waals surface area contributed by atoms with Crippen LogP contribution < -0.4 is 17.0 Å². The summed E-state index contributed by atoms with van der Waals surface area (Å²) in [5, 5.41) is 0. The monoisotopic (exact) mass is 311 g/mol. The highest BCUT2D eigenvalue weighted by atomic mass is 16.3. The Labute approximate surface area is 132 Å². The van der Waals surface area contributed by atoms with Crippen LogP contribution in [0.1, 0.15) is 11.5 Å². The van der Waals surface area contributed by atoms with E-state index in [-0.39, 0.29) is 17.9 Å². The molecule has 3 aromatic heterocycles. The highest BCUT2D eigenvalue weighted by molar-refractivity contribution is 5.76. The first-order chi connectivity index (χ1) is 11.0. The number of nitrogen functional groups attached to an aromatic ring is 1. The molecule has 118 valence electrons. The number of furan rings is 1. The zero-order chi connectivity index (χ0) is 16.6. The summed E-state index contributed by atoms with van der Waals surface area (Å²) in [7, 11) is 1.68. The van der Waals surface area contributed by atoms with Gasteiger partial charge in [0.2, 0.25) is 5.56 Å². The minimum Gasteiger partial charge on any atom is -0.460 e. The fourth-order valence-electron chi connectivity index (χ4n) is 2.30. The van der Waals surface area contributed by atoms with Gasteiger partial charge in [-0.1, -0.05) is 0 Å². The zero-order valence-electron chi connectivity index (χ0n) is 12.9. The van der Waals surface area contributed by atoms with Crippen molar-refractivity contribution in [1.82, 2.24) is 14.5 Å². The Morgan fingerprint density at radius 3 is 2.57 bits per heavy atom. The summed E-state index contributed by atoms with van der Waals surface area (Å²) in [5.74, 6) is 1.59. The molecule has 0 amide bonds. The number of hydrogen-bond acceptors (Lipinski definition) is 6. The van der Waals surface area contributed by atoms with Crippen molar-refractivity contribution in [3.05, 3.63) is 52.3 Å². The van der Waals surface area contributed by atoms with Crippen LogP contribution in [-0.2, 0) is 13.6 Å². The lowest BCUT2D eigenvalue weighted by Gasteiger charge is -2.11. The van der Waals surface area contributed by atoms with Crippen LogP contribution in [-0.4, -0.2) is 14.5 Å². The van der Waals surface area contributed by atoms with Gasteiger partial charge in [-0.15, -0.1) is 0 Å². The number of nitrogens with zero attached hydrogens (tertiary/aromatic N) is 3. The summed E-state index contributed by atoms with van der Waals surface area (Å²) in [6.45, 7) is 2.02. The molecular weight excluding hydrogens is 294 g/mol. The topological polar surface area (TPSA) is 113 Å². The molecular formula is C16H17N5O2. The maximum atomic E-state index is 11.6. The van der Waals surface area contributed by atoms with Crippen LogP contribution in [0, 0.1) is 6.92 Å². The van der Waals surface area contributed by atoms with Crippen LogP contribution in [0.25, 0.3) is 22.7 Å². The van der Waals surface area contributed by atoms with Crippen molar-refractivity contribution in [3.8, 4) is 22.7 Å². The van der Waals surface area contributed by atoms with Crippen molar-refractivity contribution >= 4 is 5.82 Å². The smallest absolute Gasteiger partial charge is 0.250 e. The molecule has 0 saturated carbocycles. The Morgan fingerprint density at radius 1 is 1.17 bits per heavy atom. The average molecular weight is 311 g/mol. The summed E-state index contributed by atoms with van der Waals surface area (Å²) >= 11 is 0. The normalized spacial score (nSPS) is 10.9. The van der Waals surface area contributed by atoms with Crippen molar-refractivity contribution in [2.45, 2.75) is 13.5 Å². The van der Waals surface area contributed by atoms with Gasteiger partial charge in [0.1, 0.15) is 23.0 Å². The Bertz CT molecular complexity index is 926. The van der Waals surface area contributed by atoms with Gasteiger partial charge in [0.25, 0.3) is 0 Å². The third-order valence-corrected chi connectivity index (χ3v) is 3.53. The van der Waals surface area contributed by atoms with E-state index in [1.807, 2.05) is 19.1 Å². The molecule has 0 radical (unpaired) electrons. The van der Waals surface area contributed by atoms with E-state index in [1.54, 1.807) is 19.3 Å². The molecule has 0 spiro atoms. The van der Waals surface area contributed by atoms with Crippen molar-refractivity contribution in [1.29, 1.82) is 0 Å². The molecule has 0 saturated heterocycles. The van der Waals surface area contributed by atoms with Crippen LogP contribution in [0.3, 0.4) is 0 Å². The van der Waals surface area contributed by atoms with E-state index in [1.165, 1.54) is 10.6 Å². The third-order valence-electron chi connectivity index (χ3n) is 3.53. The van der Waals surface area contributed by atoms with Crippen LogP contribution in [0.5, 0.6) is 0 Å². The maximum Gasteiger partial charge on any atom is 0.250 e. The van der Waals surface area contributed by atoms with E-state index in [4.69, 9.17) is 15.9 Å². The Morgan fingerprint density at radius 2 is 1.96 bits per heavy atom. The number of nitrogens with two attached hydrogens (primary N) is 2. The van der Waals surface area contributed by atoms with Crippen LogP contribution in [0.15, 0.2) is 39.7 Å². The van der Waals surface area contributed by atoms with E-state index >= 15 is 0 Å². The van der Waals surface area contributed by atoms with E-state index in [2.05, 4.69) is 9.97 Å². The summed E-state index contributed by atoms with van der Waals surface area (Å²) < 4.78 is 7.14. The van der Waals surface area contributed by atoms with E-state index in [0.717, 1.165) is 11.3 Å². The first-order valence-corrected chi connectivity index (χ1v) is 7.10. The van der Waals surface area contributed by atoms with Crippen molar-refractivity contribution in [2.75, 3.05) is 5.73 Å². The van der Waals surface area contributed by atoms with Crippen molar-refractivity contribution in [2.24, 2.45) is 12.8 Å². The highest BCUT2D eigenvalue weighted by Crippen LogP contribution is 2.31. The second-order valence-electron chi connectivity index (χ2n) is 5.23. The lowest BCUT2D eigenvalue weighted by atomic mass is 10.1. The molecule has 7 heteroatoms. The highest BCUT2D eigenvalue weighted by Gasteiger charge is 2.17. The van der Waals surface area contributed by atoms with Gasteiger partial charge in [0, 0.05) is 31.4 Å². The fourth-order valence-corrected chi connectivity index (χ4v) is 2.30. The van der Waals surface area contributed by atoms with Gasteiger partial charge >= 0.3 is 0 Å². The van der Waals surface area contributed by atoms with Gasteiger partial charge in [-0.05, 0) is 25.1 Å². The van der Waals surface area contributed by atoms with Crippen LogP contribution in [0.4, 0.5) is 5.82 Å². The second kappa shape index (κ2) is 5.69. The summed E-state index contributed by atoms with van der Waals surface area (Å²) in [4.78, 5) is 20.5. The second-order valence-corrected chi connectivity index (χ2v) is 5.23. The van der Waals surface area contributed by atoms with Gasteiger partial charge in [-0.2, -0.15) is 0 Å². The average Bonchev–Trinajstić information content (AvgIpc) is 2.96. The number of hydrogen-bond donors (Lipinski definition) is 2. The largest absolute Gasteiger partial charge is 0.460 e. The molecule has 3 rings (SSSR count). The quantitative estimate of drug-likeness (QED) is 0.757. The summed E-state index contributed by atoms with van der Waals surface area (Å²) in [6, 6.07) is 6.83.